The molecule has 1 aromatic heterocycles. The van der Waals surface area contributed by atoms with Crippen LogP contribution in [-0.2, 0) is 13.0 Å². The van der Waals surface area contributed by atoms with Crippen molar-refractivity contribution >= 4 is 5.82 Å². The lowest BCUT2D eigenvalue weighted by Gasteiger charge is -2.06. The molecule has 0 aliphatic rings. The van der Waals surface area contributed by atoms with Gasteiger partial charge in [-0.05, 0) is 18.4 Å². The molecule has 108 valence electrons. The Morgan fingerprint density at radius 1 is 1.05 bits per heavy atom. The number of anilines is 1. The molecule has 3 heteroatoms. The number of nitrogen functional groups attached to an aromatic ring is 1. The van der Waals surface area contributed by atoms with Crippen LogP contribution in [0, 0.1) is 0 Å². The van der Waals surface area contributed by atoms with Crippen molar-refractivity contribution in [2.24, 2.45) is 0 Å². The van der Waals surface area contributed by atoms with Crippen LogP contribution >= 0.6 is 0 Å². The van der Waals surface area contributed by atoms with Gasteiger partial charge < -0.3 is 10.3 Å². The summed E-state index contributed by atoms with van der Waals surface area (Å²) in [6, 6.07) is 10.4. The maximum Gasteiger partial charge on any atom is 0.126 e. The lowest BCUT2D eigenvalue weighted by molar-refractivity contribution is 0.629. The van der Waals surface area contributed by atoms with Crippen molar-refractivity contribution in [3.05, 3.63) is 47.9 Å². The van der Waals surface area contributed by atoms with E-state index < -0.39 is 0 Å². The van der Waals surface area contributed by atoms with E-state index in [2.05, 4.69) is 36.2 Å². The monoisotopic (exact) mass is 271 g/mol. The second kappa shape index (κ2) is 7.73. The van der Waals surface area contributed by atoms with Gasteiger partial charge in [0.15, 0.2) is 0 Å². The lowest BCUT2D eigenvalue weighted by Crippen LogP contribution is -2.04. The molecule has 0 unspecified atom stereocenters. The molecule has 1 aromatic carbocycles. The molecule has 0 amide bonds. The number of nitrogens with two attached hydrogens (primary N) is 1. The Morgan fingerprint density at radius 3 is 2.55 bits per heavy atom. The van der Waals surface area contributed by atoms with Crippen LogP contribution in [-0.4, -0.2) is 9.55 Å². The van der Waals surface area contributed by atoms with Crippen molar-refractivity contribution < 1.29 is 0 Å². The zero-order valence-corrected chi connectivity index (χ0v) is 12.4. The smallest absolute Gasteiger partial charge is 0.126 e. The van der Waals surface area contributed by atoms with Gasteiger partial charge in [0, 0.05) is 0 Å². The number of aryl methyl sites for hydroxylation is 1. The predicted molar refractivity (Wildman–Crippen MR) is 84.6 cm³/mol. The predicted octanol–water partition coefficient (Wildman–Crippen LogP) is 4.03. The van der Waals surface area contributed by atoms with E-state index in [4.69, 9.17) is 5.73 Å². The van der Waals surface area contributed by atoms with Gasteiger partial charge in [0.05, 0.1) is 18.6 Å². The van der Waals surface area contributed by atoms with Crippen LogP contribution < -0.4 is 5.73 Å². The molecule has 0 bridgehead atoms. The third-order valence-corrected chi connectivity index (χ3v) is 3.67. The van der Waals surface area contributed by atoms with Crippen molar-refractivity contribution in [2.45, 2.75) is 52.0 Å². The fourth-order valence-electron chi connectivity index (χ4n) is 2.43. The van der Waals surface area contributed by atoms with Crippen molar-refractivity contribution in [2.75, 3.05) is 5.73 Å². The summed E-state index contributed by atoms with van der Waals surface area (Å²) in [7, 11) is 0. The van der Waals surface area contributed by atoms with E-state index in [0.29, 0.717) is 0 Å². The maximum absolute atomic E-state index is 6.19. The van der Waals surface area contributed by atoms with Crippen LogP contribution in [0.2, 0.25) is 0 Å². The fraction of sp³-hybridized carbons (Fsp3) is 0.471. The minimum Gasteiger partial charge on any atom is -0.384 e. The van der Waals surface area contributed by atoms with Crippen LogP contribution in [0.3, 0.4) is 0 Å². The first kappa shape index (κ1) is 14.6. The number of rotatable bonds is 8. The molecule has 3 nitrogen and oxygen atoms in total. The molecule has 0 aliphatic heterocycles. The molecule has 0 radical (unpaired) electrons. The molecular formula is C17H25N3. The van der Waals surface area contributed by atoms with E-state index in [1.54, 1.807) is 0 Å². The van der Waals surface area contributed by atoms with E-state index in [1.807, 2.05) is 17.0 Å². The summed E-state index contributed by atoms with van der Waals surface area (Å²) in [4.78, 5) is 4.47. The number of hydrogen-bond acceptors (Lipinski definition) is 2. The Balaban J connectivity index is 1.87. The Kier molecular flexibility index (Phi) is 5.66. The Labute approximate surface area is 121 Å². The van der Waals surface area contributed by atoms with Crippen molar-refractivity contribution in [3.8, 4) is 0 Å². The summed E-state index contributed by atoms with van der Waals surface area (Å²) in [6.45, 7) is 3.04. The van der Waals surface area contributed by atoms with Crippen LogP contribution in [0.15, 0.2) is 36.7 Å². The zero-order valence-electron chi connectivity index (χ0n) is 12.4. The highest BCUT2D eigenvalue weighted by atomic mass is 15.1. The SMILES string of the molecule is CCCCCCCc1ncn(Cc2ccccc2)c1N. The van der Waals surface area contributed by atoms with Gasteiger partial charge >= 0.3 is 0 Å². The van der Waals surface area contributed by atoms with Crippen molar-refractivity contribution in [1.82, 2.24) is 9.55 Å². The van der Waals surface area contributed by atoms with Crippen LogP contribution in [0.5, 0.6) is 0 Å². The number of benzene rings is 1. The Bertz CT molecular complexity index is 502. The molecule has 0 saturated heterocycles. The molecule has 0 spiro atoms. The third-order valence-electron chi connectivity index (χ3n) is 3.67. The summed E-state index contributed by atoms with van der Waals surface area (Å²) in [5, 5.41) is 0. The normalized spacial score (nSPS) is 10.8. The van der Waals surface area contributed by atoms with Gasteiger partial charge in [-0.25, -0.2) is 4.98 Å². The highest BCUT2D eigenvalue weighted by molar-refractivity contribution is 5.37. The average molecular weight is 271 g/mol. The zero-order chi connectivity index (χ0) is 14.2. The molecule has 20 heavy (non-hydrogen) atoms. The maximum atomic E-state index is 6.19. The quantitative estimate of drug-likeness (QED) is 0.737. The largest absolute Gasteiger partial charge is 0.384 e. The van der Waals surface area contributed by atoms with E-state index in [0.717, 1.165) is 24.5 Å². The first-order valence-electron chi connectivity index (χ1n) is 7.64. The second-order valence-electron chi connectivity index (χ2n) is 5.35. The van der Waals surface area contributed by atoms with Gasteiger partial charge in [-0.3, -0.25) is 0 Å². The second-order valence-corrected chi connectivity index (χ2v) is 5.35. The number of imidazole rings is 1. The van der Waals surface area contributed by atoms with Crippen LogP contribution in [0.25, 0.3) is 0 Å². The van der Waals surface area contributed by atoms with Gasteiger partial charge in [0.1, 0.15) is 5.82 Å². The lowest BCUT2D eigenvalue weighted by atomic mass is 10.1. The third kappa shape index (κ3) is 4.12. The van der Waals surface area contributed by atoms with Gasteiger partial charge in [-0.2, -0.15) is 0 Å². The minimum absolute atomic E-state index is 0.801. The number of nitrogens with zero attached hydrogens (tertiary/aromatic N) is 2. The fourth-order valence-corrected chi connectivity index (χ4v) is 2.43. The van der Waals surface area contributed by atoms with E-state index in [9.17, 15) is 0 Å². The minimum atomic E-state index is 0.801. The number of aromatic nitrogens is 2. The van der Waals surface area contributed by atoms with Crippen molar-refractivity contribution in [1.29, 1.82) is 0 Å². The summed E-state index contributed by atoms with van der Waals surface area (Å²) in [6.07, 6.45) is 9.26. The summed E-state index contributed by atoms with van der Waals surface area (Å²) < 4.78 is 2.04. The van der Waals surface area contributed by atoms with E-state index in [1.165, 1.54) is 37.7 Å². The van der Waals surface area contributed by atoms with Crippen molar-refractivity contribution in [3.63, 3.8) is 0 Å². The first-order valence-corrected chi connectivity index (χ1v) is 7.64. The Morgan fingerprint density at radius 2 is 1.80 bits per heavy atom. The molecule has 0 aliphatic carbocycles. The molecule has 2 rings (SSSR count). The number of hydrogen-bond donors (Lipinski definition) is 1. The molecular weight excluding hydrogens is 246 g/mol. The van der Waals surface area contributed by atoms with Crippen LogP contribution in [0.4, 0.5) is 5.82 Å². The summed E-state index contributed by atoms with van der Waals surface area (Å²) >= 11 is 0. The molecule has 2 N–H and O–H groups in total. The first-order chi connectivity index (χ1) is 9.81. The van der Waals surface area contributed by atoms with Crippen LogP contribution in [0.1, 0.15) is 50.3 Å². The highest BCUT2D eigenvalue weighted by Gasteiger charge is 2.07. The molecule has 0 atom stereocenters. The standard InChI is InChI=1S/C17H25N3/c1-2-3-4-5-9-12-16-17(18)20(14-19-16)13-15-10-7-6-8-11-15/h6-8,10-11,14H,2-5,9,12-13,18H2,1H3. The Hall–Kier alpha value is -1.77. The summed E-state index contributed by atoms with van der Waals surface area (Å²) in [5.41, 5.74) is 8.50. The average Bonchev–Trinajstić information content (AvgIpc) is 2.81. The topological polar surface area (TPSA) is 43.8 Å². The van der Waals surface area contributed by atoms with Gasteiger partial charge in [-0.15, -0.1) is 0 Å². The van der Waals surface area contributed by atoms with Gasteiger partial charge in [0.2, 0.25) is 0 Å². The van der Waals surface area contributed by atoms with E-state index >= 15 is 0 Å². The number of unbranched alkanes of at least 4 members (excludes halogenated alkanes) is 4. The molecule has 2 aromatic rings. The highest BCUT2D eigenvalue weighted by Crippen LogP contribution is 2.16. The molecule has 0 fully saturated rings. The summed E-state index contributed by atoms with van der Waals surface area (Å²) in [5.74, 6) is 0.823. The molecule has 0 saturated carbocycles. The molecule has 1 heterocycles. The van der Waals surface area contributed by atoms with Gasteiger partial charge in [-0.1, -0.05) is 62.9 Å². The van der Waals surface area contributed by atoms with E-state index in [-0.39, 0.29) is 0 Å². The van der Waals surface area contributed by atoms with Gasteiger partial charge in [0.25, 0.3) is 0 Å².